The third kappa shape index (κ3) is 3.19. The molecule has 0 amide bonds. The van der Waals surface area contributed by atoms with Gasteiger partial charge in [0.2, 0.25) is 0 Å². The van der Waals surface area contributed by atoms with Crippen LogP contribution in [0.5, 0.6) is 5.75 Å². The lowest BCUT2D eigenvalue weighted by Gasteiger charge is -2.18. The number of benzene rings is 1. The average molecular weight is 272 g/mol. The van der Waals surface area contributed by atoms with Gasteiger partial charge in [0, 0.05) is 5.56 Å². The number of nitrogens with one attached hydrogen (secondary N) is 1. The highest BCUT2D eigenvalue weighted by Gasteiger charge is 2.35. The van der Waals surface area contributed by atoms with Gasteiger partial charge in [-0.1, -0.05) is 0 Å². The highest BCUT2D eigenvalue weighted by Crippen LogP contribution is 2.38. The van der Waals surface area contributed by atoms with E-state index in [1.54, 1.807) is 0 Å². The molecule has 0 aliphatic heterocycles. The Balaban J connectivity index is 2.33. The van der Waals surface area contributed by atoms with Gasteiger partial charge in [-0.15, -0.1) is 0 Å². The first-order valence-electron chi connectivity index (χ1n) is 6.10. The van der Waals surface area contributed by atoms with Crippen molar-refractivity contribution in [2.75, 3.05) is 0 Å². The van der Waals surface area contributed by atoms with Crippen molar-refractivity contribution in [1.82, 2.24) is 0 Å². The Bertz CT molecular complexity index is 479. The summed E-state index contributed by atoms with van der Waals surface area (Å²) in [6, 6.07) is 3.49. The second-order valence-corrected chi connectivity index (χ2v) is 4.65. The van der Waals surface area contributed by atoms with Crippen molar-refractivity contribution >= 4 is 5.84 Å². The van der Waals surface area contributed by atoms with Crippen molar-refractivity contribution in [2.45, 2.75) is 38.0 Å². The average Bonchev–Trinajstić information content (AvgIpc) is 2.80. The Morgan fingerprint density at radius 2 is 1.89 bits per heavy atom. The predicted molar refractivity (Wildman–Crippen MR) is 65.3 cm³/mol. The molecule has 1 aliphatic carbocycles. The van der Waals surface area contributed by atoms with Crippen molar-refractivity contribution in [3.05, 3.63) is 29.3 Å². The van der Waals surface area contributed by atoms with E-state index >= 15 is 0 Å². The van der Waals surface area contributed by atoms with Crippen LogP contribution in [0.2, 0.25) is 0 Å². The van der Waals surface area contributed by atoms with Crippen molar-refractivity contribution < 1.29 is 17.9 Å². The van der Waals surface area contributed by atoms with E-state index in [0.717, 1.165) is 31.7 Å². The summed E-state index contributed by atoms with van der Waals surface area (Å²) in [4.78, 5) is 0. The lowest BCUT2D eigenvalue weighted by atomic mass is 10.1. The van der Waals surface area contributed by atoms with Crippen LogP contribution in [0, 0.1) is 5.41 Å². The zero-order valence-corrected chi connectivity index (χ0v) is 10.3. The Morgan fingerprint density at radius 3 is 2.42 bits per heavy atom. The Morgan fingerprint density at radius 1 is 1.26 bits per heavy atom. The van der Waals surface area contributed by atoms with Crippen LogP contribution in [0.3, 0.4) is 0 Å². The molecule has 0 atom stereocenters. The molecule has 0 radical (unpaired) electrons. The van der Waals surface area contributed by atoms with Crippen LogP contribution in [-0.2, 0) is 6.18 Å². The molecule has 104 valence electrons. The van der Waals surface area contributed by atoms with E-state index in [1.807, 2.05) is 0 Å². The van der Waals surface area contributed by atoms with Gasteiger partial charge in [-0.2, -0.15) is 13.2 Å². The molecule has 19 heavy (non-hydrogen) atoms. The summed E-state index contributed by atoms with van der Waals surface area (Å²) in [5.74, 6) is -0.567. The number of nitrogen functional groups attached to an aromatic ring is 1. The summed E-state index contributed by atoms with van der Waals surface area (Å²) >= 11 is 0. The van der Waals surface area contributed by atoms with Gasteiger partial charge in [-0.05, 0) is 43.9 Å². The van der Waals surface area contributed by atoms with Crippen molar-refractivity contribution in [3.63, 3.8) is 0 Å². The van der Waals surface area contributed by atoms with Crippen LogP contribution in [0.25, 0.3) is 0 Å². The third-order valence-electron chi connectivity index (χ3n) is 3.19. The largest absolute Gasteiger partial charge is 0.490 e. The highest BCUT2D eigenvalue weighted by atomic mass is 19.4. The van der Waals surface area contributed by atoms with Gasteiger partial charge in [-0.25, -0.2) is 0 Å². The van der Waals surface area contributed by atoms with Crippen LogP contribution < -0.4 is 10.5 Å². The minimum absolute atomic E-state index is 0.0473. The summed E-state index contributed by atoms with van der Waals surface area (Å²) in [7, 11) is 0. The molecular formula is C13H15F3N2O. The molecular weight excluding hydrogens is 257 g/mol. The van der Waals surface area contributed by atoms with E-state index < -0.39 is 17.6 Å². The quantitative estimate of drug-likeness (QED) is 0.655. The first-order valence-corrected chi connectivity index (χ1v) is 6.10. The molecule has 3 N–H and O–H groups in total. The molecule has 2 rings (SSSR count). The normalized spacial score (nSPS) is 16.6. The molecule has 6 heteroatoms. The monoisotopic (exact) mass is 272 g/mol. The van der Waals surface area contributed by atoms with Gasteiger partial charge < -0.3 is 10.5 Å². The van der Waals surface area contributed by atoms with Crippen LogP contribution >= 0.6 is 0 Å². The molecule has 1 aromatic carbocycles. The standard InChI is InChI=1S/C13H15F3N2O/c14-13(15,16)10-7-8(12(17)18)5-6-11(10)19-9-3-1-2-4-9/h5-7,9H,1-4H2,(H3,17,18). The zero-order chi connectivity index (χ0) is 14.0. The van der Waals surface area contributed by atoms with E-state index in [4.69, 9.17) is 15.9 Å². The number of hydrogen-bond acceptors (Lipinski definition) is 2. The summed E-state index contributed by atoms with van der Waals surface area (Å²) in [6.45, 7) is 0. The summed E-state index contributed by atoms with van der Waals surface area (Å²) in [5.41, 5.74) is 4.39. The van der Waals surface area contributed by atoms with Gasteiger partial charge in [0.1, 0.15) is 11.6 Å². The first-order chi connectivity index (χ1) is 8.88. The molecule has 0 spiro atoms. The summed E-state index contributed by atoms with van der Waals surface area (Å²) < 4.78 is 44.4. The van der Waals surface area contributed by atoms with Gasteiger partial charge in [0.15, 0.2) is 0 Å². The molecule has 0 unspecified atom stereocenters. The Hall–Kier alpha value is -1.72. The highest BCUT2D eigenvalue weighted by molar-refractivity contribution is 5.95. The number of nitrogens with two attached hydrogens (primary N) is 1. The minimum atomic E-state index is -4.51. The van der Waals surface area contributed by atoms with E-state index in [2.05, 4.69) is 0 Å². The zero-order valence-electron chi connectivity index (χ0n) is 10.3. The summed E-state index contributed by atoms with van der Waals surface area (Å²) in [5, 5.41) is 7.20. The number of hydrogen-bond donors (Lipinski definition) is 2. The SMILES string of the molecule is N=C(N)c1ccc(OC2CCCC2)c(C(F)(F)F)c1. The fourth-order valence-electron chi connectivity index (χ4n) is 2.21. The number of alkyl halides is 3. The summed E-state index contributed by atoms with van der Waals surface area (Å²) in [6.07, 6.45) is -1.13. The van der Waals surface area contributed by atoms with Gasteiger partial charge in [-0.3, -0.25) is 5.41 Å². The van der Waals surface area contributed by atoms with E-state index in [-0.39, 0.29) is 17.4 Å². The number of halogens is 3. The Labute approximate surface area is 109 Å². The molecule has 1 fully saturated rings. The maximum Gasteiger partial charge on any atom is 0.419 e. The van der Waals surface area contributed by atoms with Crippen LogP contribution in [0.15, 0.2) is 18.2 Å². The second-order valence-electron chi connectivity index (χ2n) is 4.65. The number of rotatable bonds is 3. The van der Waals surface area contributed by atoms with Crippen LogP contribution in [0.1, 0.15) is 36.8 Å². The molecule has 0 aromatic heterocycles. The lowest BCUT2D eigenvalue weighted by Crippen LogP contribution is -2.18. The maximum atomic E-state index is 13.0. The fourth-order valence-corrected chi connectivity index (χ4v) is 2.21. The van der Waals surface area contributed by atoms with Crippen LogP contribution in [0.4, 0.5) is 13.2 Å². The fraction of sp³-hybridized carbons (Fsp3) is 0.462. The molecule has 0 saturated heterocycles. The predicted octanol–water partition coefficient (Wildman–Crippen LogP) is 3.31. The maximum absolute atomic E-state index is 13.0. The molecule has 1 aliphatic rings. The second kappa shape index (κ2) is 5.11. The van der Waals surface area contributed by atoms with Gasteiger partial charge >= 0.3 is 6.18 Å². The van der Waals surface area contributed by atoms with Crippen molar-refractivity contribution in [2.24, 2.45) is 5.73 Å². The molecule has 0 bridgehead atoms. The molecule has 3 nitrogen and oxygen atoms in total. The van der Waals surface area contributed by atoms with Gasteiger partial charge in [0.05, 0.1) is 11.7 Å². The van der Waals surface area contributed by atoms with Crippen molar-refractivity contribution in [1.29, 1.82) is 5.41 Å². The van der Waals surface area contributed by atoms with Crippen molar-refractivity contribution in [3.8, 4) is 5.75 Å². The lowest BCUT2D eigenvalue weighted by molar-refractivity contribution is -0.139. The van der Waals surface area contributed by atoms with E-state index in [1.165, 1.54) is 12.1 Å². The smallest absolute Gasteiger partial charge is 0.419 e. The van der Waals surface area contributed by atoms with Crippen LogP contribution in [-0.4, -0.2) is 11.9 Å². The molecule has 1 saturated carbocycles. The Kier molecular flexibility index (Phi) is 3.68. The topological polar surface area (TPSA) is 59.1 Å². The van der Waals surface area contributed by atoms with E-state index in [0.29, 0.717) is 0 Å². The first kappa shape index (κ1) is 13.7. The van der Waals surface area contributed by atoms with E-state index in [9.17, 15) is 13.2 Å². The molecule has 1 aromatic rings. The van der Waals surface area contributed by atoms with Gasteiger partial charge in [0.25, 0.3) is 0 Å². The molecule has 0 heterocycles. The number of amidine groups is 1. The third-order valence-corrected chi connectivity index (χ3v) is 3.19. The number of ether oxygens (including phenoxy) is 1. The minimum Gasteiger partial charge on any atom is -0.490 e.